The summed E-state index contributed by atoms with van der Waals surface area (Å²) in [6.07, 6.45) is 4.08. The SMILES string of the molecule is O=C(O)c1cc2c3c(c1)c(Br)cn3CCC2. The van der Waals surface area contributed by atoms with E-state index in [1.165, 1.54) is 5.52 Å². The van der Waals surface area contributed by atoms with Gasteiger partial charge in [-0.05, 0) is 46.5 Å². The van der Waals surface area contributed by atoms with Crippen molar-refractivity contribution in [1.29, 1.82) is 0 Å². The lowest BCUT2D eigenvalue weighted by molar-refractivity contribution is 0.0697. The Labute approximate surface area is 101 Å². The molecular formula is C12H10BrNO2. The van der Waals surface area contributed by atoms with Crippen molar-refractivity contribution in [2.24, 2.45) is 0 Å². The molecule has 1 aliphatic heterocycles. The van der Waals surface area contributed by atoms with Crippen LogP contribution in [-0.4, -0.2) is 15.6 Å². The Balaban J connectivity index is 2.41. The van der Waals surface area contributed by atoms with Crippen molar-refractivity contribution < 1.29 is 9.90 Å². The Morgan fingerprint density at radius 2 is 2.25 bits per heavy atom. The first kappa shape index (κ1) is 9.90. The van der Waals surface area contributed by atoms with E-state index < -0.39 is 5.97 Å². The number of benzene rings is 1. The summed E-state index contributed by atoms with van der Waals surface area (Å²) in [5.74, 6) is -0.858. The maximum absolute atomic E-state index is 11.0. The van der Waals surface area contributed by atoms with Crippen molar-refractivity contribution in [2.75, 3.05) is 0 Å². The molecule has 4 heteroatoms. The molecule has 0 spiro atoms. The zero-order valence-corrected chi connectivity index (χ0v) is 10.1. The summed E-state index contributed by atoms with van der Waals surface area (Å²) < 4.78 is 3.18. The molecule has 1 aliphatic rings. The smallest absolute Gasteiger partial charge is 0.335 e. The van der Waals surface area contributed by atoms with Gasteiger partial charge in [-0.3, -0.25) is 0 Å². The highest BCUT2D eigenvalue weighted by Crippen LogP contribution is 2.33. The number of carbonyl (C=O) groups is 1. The van der Waals surface area contributed by atoms with E-state index in [2.05, 4.69) is 20.5 Å². The lowest BCUT2D eigenvalue weighted by Crippen LogP contribution is -2.08. The highest BCUT2D eigenvalue weighted by molar-refractivity contribution is 9.10. The zero-order chi connectivity index (χ0) is 11.3. The summed E-state index contributed by atoms with van der Waals surface area (Å²) in [4.78, 5) is 11.0. The van der Waals surface area contributed by atoms with Gasteiger partial charge in [0, 0.05) is 22.6 Å². The minimum Gasteiger partial charge on any atom is -0.478 e. The fourth-order valence-corrected chi connectivity index (χ4v) is 2.97. The Kier molecular flexibility index (Phi) is 2.07. The number of halogens is 1. The van der Waals surface area contributed by atoms with Crippen molar-refractivity contribution in [3.05, 3.63) is 33.9 Å². The quantitative estimate of drug-likeness (QED) is 0.872. The Hall–Kier alpha value is -1.29. The van der Waals surface area contributed by atoms with Crippen molar-refractivity contribution >= 4 is 32.8 Å². The van der Waals surface area contributed by atoms with Crippen LogP contribution in [0.2, 0.25) is 0 Å². The highest BCUT2D eigenvalue weighted by Gasteiger charge is 2.18. The average Bonchev–Trinajstić information content (AvgIpc) is 2.58. The number of carboxylic acid groups (broad SMARTS) is 1. The normalized spacial score (nSPS) is 14.3. The molecule has 1 aromatic carbocycles. The van der Waals surface area contributed by atoms with Gasteiger partial charge in [0.25, 0.3) is 0 Å². The van der Waals surface area contributed by atoms with E-state index in [0.29, 0.717) is 5.56 Å². The second-order valence-corrected chi connectivity index (χ2v) is 4.97. The molecule has 0 amide bonds. The lowest BCUT2D eigenvalue weighted by atomic mass is 10.0. The molecule has 16 heavy (non-hydrogen) atoms. The predicted molar refractivity (Wildman–Crippen MR) is 64.9 cm³/mol. The van der Waals surface area contributed by atoms with Crippen LogP contribution in [0.15, 0.2) is 22.8 Å². The minimum absolute atomic E-state index is 0.378. The Bertz CT molecular complexity index is 601. The molecule has 0 atom stereocenters. The Morgan fingerprint density at radius 3 is 3.00 bits per heavy atom. The van der Waals surface area contributed by atoms with E-state index in [-0.39, 0.29) is 0 Å². The molecule has 2 aromatic rings. The molecule has 2 heterocycles. The van der Waals surface area contributed by atoms with Gasteiger partial charge in [-0.15, -0.1) is 0 Å². The first-order valence-electron chi connectivity index (χ1n) is 5.21. The fourth-order valence-electron chi connectivity index (χ4n) is 2.42. The Morgan fingerprint density at radius 1 is 1.44 bits per heavy atom. The van der Waals surface area contributed by atoms with Gasteiger partial charge in [-0.1, -0.05) is 0 Å². The van der Waals surface area contributed by atoms with Gasteiger partial charge in [-0.25, -0.2) is 4.79 Å². The van der Waals surface area contributed by atoms with Crippen molar-refractivity contribution in [3.8, 4) is 0 Å². The van der Waals surface area contributed by atoms with E-state index >= 15 is 0 Å². The first-order valence-corrected chi connectivity index (χ1v) is 6.00. The third kappa shape index (κ3) is 1.29. The third-order valence-electron chi connectivity index (χ3n) is 3.09. The van der Waals surface area contributed by atoms with Gasteiger partial charge >= 0.3 is 5.97 Å². The van der Waals surface area contributed by atoms with Crippen molar-refractivity contribution in [2.45, 2.75) is 19.4 Å². The number of aromatic carboxylic acids is 1. The summed E-state index contributed by atoms with van der Waals surface area (Å²) in [6.45, 7) is 1.02. The maximum atomic E-state index is 11.0. The number of carboxylic acids is 1. The first-order chi connectivity index (χ1) is 7.66. The molecule has 0 saturated carbocycles. The molecule has 0 aliphatic carbocycles. The standard InChI is InChI=1S/C12H10BrNO2/c13-10-6-14-3-1-2-7-4-8(12(15)16)5-9(10)11(7)14/h4-6H,1-3H2,(H,15,16). The topological polar surface area (TPSA) is 42.2 Å². The maximum Gasteiger partial charge on any atom is 0.335 e. The van der Waals surface area contributed by atoms with Crippen LogP contribution in [-0.2, 0) is 13.0 Å². The second kappa shape index (κ2) is 3.35. The number of aromatic nitrogens is 1. The van der Waals surface area contributed by atoms with Crippen LogP contribution in [0.4, 0.5) is 0 Å². The van der Waals surface area contributed by atoms with Gasteiger partial charge in [0.1, 0.15) is 0 Å². The van der Waals surface area contributed by atoms with Gasteiger partial charge in [0.15, 0.2) is 0 Å². The zero-order valence-electron chi connectivity index (χ0n) is 8.53. The molecule has 1 N–H and O–H groups in total. The summed E-state index contributed by atoms with van der Waals surface area (Å²) in [5.41, 5.74) is 2.71. The monoisotopic (exact) mass is 279 g/mol. The van der Waals surface area contributed by atoms with Crippen LogP contribution in [0.1, 0.15) is 22.3 Å². The summed E-state index contributed by atoms with van der Waals surface area (Å²) in [5, 5.41) is 10.1. The molecule has 3 nitrogen and oxygen atoms in total. The molecular weight excluding hydrogens is 270 g/mol. The van der Waals surface area contributed by atoms with E-state index in [1.807, 2.05) is 6.20 Å². The average molecular weight is 280 g/mol. The van der Waals surface area contributed by atoms with E-state index in [0.717, 1.165) is 34.8 Å². The number of aryl methyl sites for hydroxylation is 2. The molecule has 0 saturated heterocycles. The summed E-state index contributed by atoms with van der Waals surface area (Å²) >= 11 is 3.49. The second-order valence-electron chi connectivity index (χ2n) is 4.11. The van der Waals surface area contributed by atoms with E-state index in [4.69, 9.17) is 5.11 Å². The molecule has 1 aromatic heterocycles. The molecule has 82 valence electrons. The molecule has 0 fully saturated rings. The number of rotatable bonds is 1. The van der Waals surface area contributed by atoms with Crippen LogP contribution >= 0.6 is 15.9 Å². The summed E-state index contributed by atoms with van der Waals surface area (Å²) in [7, 11) is 0. The number of hydrogen-bond acceptors (Lipinski definition) is 1. The molecule has 0 radical (unpaired) electrons. The van der Waals surface area contributed by atoms with Gasteiger partial charge in [-0.2, -0.15) is 0 Å². The largest absolute Gasteiger partial charge is 0.478 e. The van der Waals surface area contributed by atoms with Crippen molar-refractivity contribution in [1.82, 2.24) is 4.57 Å². The van der Waals surface area contributed by atoms with Crippen LogP contribution in [0.5, 0.6) is 0 Å². The minimum atomic E-state index is -0.858. The highest BCUT2D eigenvalue weighted by atomic mass is 79.9. The van der Waals surface area contributed by atoms with Crippen LogP contribution in [0.3, 0.4) is 0 Å². The van der Waals surface area contributed by atoms with Crippen LogP contribution < -0.4 is 0 Å². The lowest BCUT2D eigenvalue weighted by Gasteiger charge is -2.15. The van der Waals surface area contributed by atoms with Crippen LogP contribution in [0.25, 0.3) is 10.9 Å². The van der Waals surface area contributed by atoms with Gasteiger partial charge in [0.05, 0.1) is 11.1 Å². The van der Waals surface area contributed by atoms with Crippen molar-refractivity contribution in [3.63, 3.8) is 0 Å². The van der Waals surface area contributed by atoms with E-state index in [1.54, 1.807) is 12.1 Å². The number of nitrogens with zero attached hydrogens (tertiary/aromatic N) is 1. The molecule has 0 bridgehead atoms. The van der Waals surface area contributed by atoms with Crippen LogP contribution in [0, 0.1) is 0 Å². The molecule has 3 rings (SSSR count). The third-order valence-corrected chi connectivity index (χ3v) is 3.73. The fraction of sp³-hybridized carbons (Fsp3) is 0.250. The van der Waals surface area contributed by atoms with E-state index in [9.17, 15) is 4.79 Å². The van der Waals surface area contributed by atoms with Gasteiger partial charge < -0.3 is 9.67 Å². The predicted octanol–water partition coefficient (Wildman–Crippen LogP) is 3.05. The summed E-state index contributed by atoms with van der Waals surface area (Å²) in [6, 6.07) is 3.54. The number of hydrogen-bond donors (Lipinski definition) is 1. The molecule has 0 unspecified atom stereocenters. The van der Waals surface area contributed by atoms with Gasteiger partial charge in [0.2, 0.25) is 0 Å².